The number of aromatic nitrogens is 1. The van der Waals surface area contributed by atoms with Crippen molar-refractivity contribution in [2.75, 3.05) is 20.8 Å². The van der Waals surface area contributed by atoms with Crippen molar-refractivity contribution in [3.05, 3.63) is 30.0 Å². The highest BCUT2D eigenvalue weighted by Gasteiger charge is 2.14. The Morgan fingerprint density at radius 1 is 1.39 bits per heavy atom. The summed E-state index contributed by atoms with van der Waals surface area (Å²) in [5, 5.41) is 2.14. The van der Waals surface area contributed by atoms with Crippen molar-refractivity contribution >= 4 is 16.8 Å². The first kappa shape index (κ1) is 12.4. The predicted molar refractivity (Wildman–Crippen MR) is 68.6 cm³/mol. The highest BCUT2D eigenvalue weighted by Crippen LogP contribution is 2.22. The summed E-state index contributed by atoms with van der Waals surface area (Å²) in [4.78, 5) is 19.8. The fourth-order valence-electron chi connectivity index (χ4n) is 1.73. The second kappa shape index (κ2) is 5.10. The quantitative estimate of drug-likeness (QED) is 0.844. The number of benzene rings is 1. The van der Waals surface area contributed by atoms with Gasteiger partial charge in [-0.2, -0.15) is 0 Å². The maximum Gasteiger partial charge on any atom is 0.293 e. The molecule has 0 aliphatic carbocycles. The lowest BCUT2D eigenvalue weighted by Crippen LogP contribution is -2.25. The molecule has 0 saturated carbocycles. The first-order valence-corrected chi connectivity index (χ1v) is 5.73. The molecule has 0 atom stereocenters. The van der Waals surface area contributed by atoms with Crippen LogP contribution in [0.2, 0.25) is 0 Å². The van der Waals surface area contributed by atoms with Crippen LogP contribution in [-0.4, -0.2) is 36.7 Å². The first-order valence-electron chi connectivity index (χ1n) is 5.73. The zero-order valence-corrected chi connectivity index (χ0v) is 10.7. The molecule has 0 saturated heterocycles. The fraction of sp³-hybridized carbons (Fsp3) is 0.308. The van der Waals surface area contributed by atoms with Gasteiger partial charge in [-0.05, 0) is 25.1 Å². The van der Waals surface area contributed by atoms with E-state index in [0.29, 0.717) is 12.3 Å². The Bertz CT molecular complexity index is 562. The van der Waals surface area contributed by atoms with Crippen LogP contribution in [0.3, 0.4) is 0 Å². The summed E-state index contributed by atoms with van der Waals surface area (Å²) in [5.41, 5.74) is 1.36. The number of carbonyl (C=O) groups excluding carboxylic acids is 1. The Morgan fingerprint density at radius 2 is 2.17 bits per heavy atom. The minimum Gasteiger partial charge on any atom is -0.494 e. The molecule has 2 rings (SSSR count). The second-order valence-electron chi connectivity index (χ2n) is 3.85. The van der Waals surface area contributed by atoms with E-state index in [-0.39, 0.29) is 5.91 Å². The first-order chi connectivity index (χ1) is 8.65. The van der Waals surface area contributed by atoms with E-state index in [4.69, 9.17) is 9.57 Å². The lowest BCUT2D eigenvalue weighted by atomic mass is 10.2. The number of nitrogens with zero attached hydrogens (tertiary/aromatic N) is 1. The van der Waals surface area contributed by atoms with Gasteiger partial charge in [0, 0.05) is 24.0 Å². The molecule has 1 N–H and O–H groups in total. The minimum absolute atomic E-state index is 0.216. The molecule has 0 aliphatic heterocycles. The van der Waals surface area contributed by atoms with Crippen molar-refractivity contribution in [1.29, 1.82) is 0 Å². The molecule has 0 unspecified atom stereocenters. The maximum absolute atomic E-state index is 11.9. The van der Waals surface area contributed by atoms with Gasteiger partial charge >= 0.3 is 0 Å². The number of H-pyrrole nitrogens is 1. The molecule has 0 radical (unpaired) electrons. The Kier molecular flexibility index (Phi) is 3.53. The molecule has 1 aromatic carbocycles. The Balaban J connectivity index is 2.35. The van der Waals surface area contributed by atoms with Crippen LogP contribution < -0.4 is 4.74 Å². The largest absolute Gasteiger partial charge is 0.494 e. The van der Waals surface area contributed by atoms with E-state index < -0.39 is 0 Å². The molecule has 0 bridgehead atoms. The number of aromatic amines is 1. The molecule has 1 aromatic heterocycles. The lowest BCUT2D eigenvalue weighted by Gasteiger charge is -2.11. The number of hydrogen-bond donors (Lipinski definition) is 1. The van der Waals surface area contributed by atoms with Gasteiger partial charge in [-0.1, -0.05) is 0 Å². The van der Waals surface area contributed by atoms with Crippen LogP contribution in [-0.2, 0) is 4.84 Å². The molecule has 2 aromatic rings. The molecule has 0 fully saturated rings. The molecule has 0 aliphatic rings. The molecule has 1 heterocycles. The number of amides is 1. The van der Waals surface area contributed by atoms with Gasteiger partial charge in [-0.25, -0.2) is 5.06 Å². The summed E-state index contributed by atoms with van der Waals surface area (Å²) in [6.45, 7) is 2.55. The molecular formula is C13H16N2O3. The number of nitrogens with one attached hydrogen (secondary N) is 1. The summed E-state index contributed by atoms with van der Waals surface area (Å²) in [5.74, 6) is 0.567. The van der Waals surface area contributed by atoms with Gasteiger partial charge in [0.1, 0.15) is 11.4 Å². The Hall–Kier alpha value is -2.01. The van der Waals surface area contributed by atoms with E-state index in [1.54, 1.807) is 13.1 Å². The second-order valence-corrected chi connectivity index (χ2v) is 3.85. The highest BCUT2D eigenvalue weighted by molar-refractivity contribution is 5.97. The summed E-state index contributed by atoms with van der Waals surface area (Å²) in [6.07, 6.45) is 0. The van der Waals surface area contributed by atoms with Crippen molar-refractivity contribution in [1.82, 2.24) is 10.0 Å². The number of rotatable bonds is 4. The Labute approximate surface area is 105 Å². The zero-order valence-electron chi connectivity index (χ0n) is 10.7. The van der Waals surface area contributed by atoms with Crippen molar-refractivity contribution in [2.45, 2.75) is 6.92 Å². The van der Waals surface area contributed by atoms with Gasteiger partial charge in [0.25, 0.3) is 5.91 Å². The van der Waals surface area contributed by atoms with Gasteiger partial charge in [0.05, 0.1) is 13.7 Å². The van der Waals surface area contributed by atoms with Crippen LogP contribution in [0.25, 0.3) is 10.9 Å². The third-order valence-corrected chi connectivity index (χ3v) is 2.70. The molecule has 5 nitrogen and oxygen atoms in total. The van der Waals surface area contributed by atoms with E-state index in [0.717, 1.165) is 16.7 Å². The van der Waals surface area contributed by atoms with Gasteiger partial charge in [-0.3, -0.25) is 9.63 Å². The zero-order chi connectivity index (χ0) is 13.1. The van der Waals surface area contributed by atoms with Crippen LogP contribution in [0.4, 0.5) is 0 Å². The topological polar surface area (TPSA) is 54.6 Å². The van der Waals surface area contributed by atoms with Crippen molar-refractivity contribution < 1.29 is 14.4 Å². The van der Waals surface area contributed by atoms with Gasteiger partial charge in [0.15, 0.2) is 0 Å². The van der Waals surface area contributed by atoms with Gasteiger partial charge in [-0.15, -0.1) is 0 Å². The van der Waals surface area contributed by atoms with Crippen LogP contribution in [0.5, 0.6) is 5.75 Å². The predicted octanol–water partition coefficient (Wildman–Crippen LogP) is 2.20. The van der Waals surface area contributed by atoms with Crippen LogP contribution >= 0.6 is 0 Å². The number of hydrogen-bond acceptors (Lipinski definition) is 3. The molecule has 5 heteroatoms. The van der Waals surface area contributed by atoms with E-state index in [1.807, 2.05) is 25.1 Å². The van der Waals surface area contributed by atoms with Crippen molar-refractivity contribution in [2.24, 2.45) is 0 Å². The van der Waals surface area contributed by atoms with E-state index in [2.05, 4.69) is 4.98 Å². The number of fused-ring (bicyclic) bond motifs is 1. The smallest absolute Gasteiger partial charge is 0.293 e. The third-order valence-electron chi connectivity index (χ3n) is 2.70. The number of hydroxylamine groups is 2. The molecular weight excluding hydrogens is 232 g/mol. The maximum atomic E-state index is 11.9. The van der Waals surface area contributed by atoms with E-state index in [9.17, 15) is 4.79 Å². The van der Waals surface area contributed by atoms with Crippen molar-refractivity contribution in [3.63, 3.8) is 0 Å². The standard InChI is InChI=1S/C13H16N2O3/c1-4-18-10-6-5-9-7-12(14-11(9)8-10)13(16)15(2)17-3/h5-8,14H,4H2,1-3H3. The van der Waals surface area contributed by atoms with Crippen LogP contribution in [0.1, 0.15) is 17.4 Å². The summed E-state index contributed by atoms with van der Waals surface area (Å²) in [6, 6.07) is 7.47. The average Bonchev–Trinajstić information content (AvgIpc) is 2.80. The molecule has 18 heavy (non-hydrogen) atoms. The summed E-state index contributed by atoms with van der Waals surface area (Å²) >= 11 is 0. The monoisotopic (exact) mass is 248 g/mol. The van der Waals surface area contributed by atoms with Crippen LogP contribution in [0, 0.1) is 0 Å². The number of carbonyl (C=O) groups is 1. The third kappa shape index (κ3) is 2.31. The SMILES string of the molecule is CCOc1ccc2cc(C(=O)N(C)OC)[nH]c2c1. The molecule has 0 spiro atoms. The Morgan fingerprint density at radius 3 is 2.83 bits per heavy atom. The van der Waals surface area contributed by atoms with E-state index >= 15 is 0 Å². The molecule has 1 amide bonds. The summed E-state index contributed by atoms with van der Waals surface area (Å²) in [7, 11) is 3.02. The van der Waals surface area contributed by atoms with Gasteiger partial charge < -0.3 is 9.72 Å². The average molecular weight is 248 g/mol. The fourth-order valence-corrected chi connectivity index (χ4v) is 1.73. The summed E-state index contributed by atoms with van der Waals surface area (Å²) < 4.78 is 5.41. The minimum atomic E-state index is -0.216. The molecule has 96 valence electrons. The normalized spacial score (nSPS) is 10.6. The highest BCUT2D eigenvalue weighted by atomic mass is 16.7. The van der Waals surface area contributed by atoms with Crippen molar-refractivity contribution in [3.8, 4) is 5.75 Å². The lowest BCUT2D eigenvalue weighted by molar-refractivity contribution is -0.0759. The number of ether oxygens (including phenoxy) is 1. The van der Waals surface area contributed by atoms with E-state index in [1.165, 1.54) is 12.2 Å². The van der Waals surface area contributed by atoms with Crippen LogP contribution in [0.15, 0.2) is 24.3 Å². The van der Waals surface area contributed by atoms with Gasteiger partial charge in [0.2, 0.25) is 0 Å².